The topological polar surface area (TPSA) is 59.5 Å². The van der Waals surface area contributed by atoms with Crippen LogP contribution < -0.4 is 0 Å². The molecule has 0 bridgehead atoms. The van der Waals surface area contributed by atoms with Crippen LogP contribution in [0.2, 0.25) is 0 Å². The summed E-state index contributed by atoms with van der Waals surface area (Å²) < 4.78 is 10.6. The average Bonchev–Trinajstić information content (AvgIpc) is 3.33. The SMILES string of the molecule is C#CCN(Cc1ccco1)C(=O)c1cc([C@H](C)c2ccccc2)no1. The van der Waals surface area contributed by atoms with Crippen LogP contribution in [0, 0.1) is 12.3 Å². The number of amides is 1. The first-order chi connectivity index (χ1) is 12.2. The second-order valence-corrected chi connectivity index (χ2v) is 5.69. The maximum atomic E-state index is 12.7. The van der Waals surface area contributed by atoms with Crippen LogP contribution in [0.5, 0.6) is 0 Å². The van der Waals surface area contributed by atoms with Crippen molar-refractivity contribution in [3.63, 3.8) is 0 Å². The van der Waals surface area contributed by atoms with Gasteiger partial charge in [0.15, 0.2) is 0 Å². The molecule has 0 fully saturated rings. The fourth-order valence-electron chi connectivity index (χ4n) is 2.56. The van der Waals surface area contributed by atoms with Crippen molar-refractivity contribution in [2.45, 2.75) is 19.4 Å². The first-order valence-corrected chi connectivity index (χ1v) is 7.95. The Morgan fingerprint density at radius 1 is 1.28 bits per heavy atom. The van der Waals surface area contributed by atoms with E-state index in [4.69, 9.17) is 15.4 Å². The van der Waals surface area contributed by atoms with Gasteiger partial charge in [0.05, 0.1) is 25.0 Å². The minimum absolute atomic E-state index is 0.0256. The fraction of sp³-hybridized carbons (Fsp3) is 0.200. The molecule has 1 aromatic carbocycles. The fourth-order valence-corrected chi connectivity index (χ4v) is 2.56. The van der Waals surface area contributed by atoms with Gasteiger partial charge < -0.3 is 13.8 Å². The summed E-state index contributed by atoms with van der Waals surface area (Å²) in [7, 11) is 0. The smallest absolute Gasteiger partial charge is 0.293 e. The van der Waals surface area contributed by atoms with Gasteiger partial charge in [-0.1, -0.05) is 48.3 Å². The Morgan fingerprint density at radius 3 is 2.76 bits per heavy atom. The van der Waals surface area contributed by atoms with Crippen LogP contribution in [-0.4, -0.2) is 22.5 Å². The summed E-state index contributed by atoms with van der Waals surface area (Å²) in [5.74, 6) is 3.02. The molecule has 0 aliphatic heterocycles. The quantitative estimate of drug-likeness (QED) is 0.645. The number of hydrogen-bond acceptors (Lipinski definition) is 4. The van der Waals surface area contributed by atoms with E-state index >= 15 is 0 Å². The molecule has 5 nitrogen and oxygen atoms in total. The number of hydrogen-bond donors (Lipinski definition) is 0. The predicted octanol–water partition coefficient (Wildman–Crippen LogP) is 3.70. The number of aromatic nitrogens is 1. The van der Waals surface area contributed by atoms with Gasteiger partial charge in [-0.2, -0.15) is 0 Å². The molecule has 2 aromatic heterocycles. The zero-order chi connectivity index (χ0) is 17.6. The highest BCUT2D eigenvalue weighted by atomic mass is 16.5. The van der Waals surface area contributed by atoms with E-state index in [1.165, 1.54) is 4.90 Å². The van der Waals surface area contributed by atoms with Crippen LogP contribution in [0.3, 0.4) is 0 Å². The molecule has 2 heterocycles. The second kappa shape index (κ2) is 7.54. The van der Waals surface area contributed by atoms with Gasteiger partial charge in [-0.05, 0) is 17.7 Å². The molecule has 0 radical (unpaired) electrons. The number of benzene rings is 1. The molecule has 1 amide bonds. The monoisotopic (exact) mass is 334 g/mol. The van der Waals surface area contributed by atoms with E-state index in [9.17, 15) is 4.79 Å². The van der Waals surface area contributed by atoms with Gasteiger partial charge in [-0.3, -0.25) is 4.79 Å². The Morgan fingerprint density at radius 2 is 2.08 bits per heavy atom. The molecule has 25 heavy (non-hydrogen) atoms. The molecule has 3 aromatic rings. The third-order valence-electron chi connectivity index (χ3n) is 3.98. The van der Waals surface area contributed by atoms with Crippen molar-refractivity contribution in [3.8, 4) is 12.3 Å². The number of rotatable bonds is 6. The van der Waals surface area contributed by atoms with Gasteiger partial charge in [0.25, 0.3) is 5.91 Å². The Kier molecular flexibility index (Phi) is 5.00. The van der Waals surface area contributed by atoms with Crippen molar-refractivity contribution in [3.05, 3.63) is 77.6 Å². The van der Waals surface area contributed by atoms with Gasteiger partial charge in [-0.15, -0.1) is 6.42 Å². The number of nitrogens with zero attached hydrogens (tertiary/aromatic N) is 2. The summed E-state index contributed by atoms with van der Waals surface area (Å²) in [6.45, 7) is 2.45. The van der Waals surface area contributed by atoms with Crippen molar-refractivity contribution in [1.29, 1.82) is 0 Å². The zero-order valence-corrected chi connectivity index (χ0v) is 13.9. The van der Waals surface area contributed by atoms with E-state index in [1.54, 1.807) is 24.5 Å². The molecule has 0 N–H and O–H groups in total. The number of carbonyl (C=O) groups is 1. The standard InChI is InChI=1S/C20H18N2O3/c1-3-11-22(14-17-10-7-12-24-17)20(23)19-13-18(21-25-19)15(2)16-8-5-4-6-9-16/h1,4-10,12-13,15H,11,14H2,2H3/t15-/m1/s1. The first kappa shape index (κ1) is 16.6. The molecule has 1 atom stereocenters. The average molecular weight is 334 g/mol. The Labute approximate surface area is 146 Å². The van der Waals surface area contributed by atoms with E-state index < -0.39 is 0 Å². The van der Waals surface area contributed by atoms with Crippen molar-refractivity contribution >= 4 is 5.91 Å². The molecule has 3 rings (SSSR count). The Hall–Kier alpha value is -3.26. The molecule has 126 valence electrons. The molecule has 0 aliphatic rings. The summed E-state index contributed by atoms with van der Waals surface area (Å²) in [6.07, 6.45) is 6.94. The highest BCUT2D eigenvalue weighted by Gasteiger charge is 2.23. The van der Waals surface area contributed by atoms with Crippen molar-refractivity contribution in [2.75, 3.05) is 6.54 Å². The highest BCUT2D eigenvalue weighted by Crippen LogP contribution is 2.24. The van der Waals surface area contributed by atoms with E-state index in [1.807, 2.05) is 37.3 Å². The van der Waals surface area contributed by atoms with Crippen LogP contribution in [0.25, 0.3) is 0 Å². The minimum Gasteiger partial charge on any atom is -0.467 e. The van der Waals surface area contributed by atoms with E-state index in [-0.39, 0.29) is 30.7 Å². The van der Waals surface area contributed by atoms with Crippen LogP contribution >= 0.6 is 0 Å². The maximum absolute atomic E-state index is 12.7. The lowest BCUT2D eigenvalue weighted by Crippen LogP contribution is -2.30. The molecular formula is C20H18N2O3. The van der Waals surface area contributed by atoms with E-state index in [0.717, 1.165) is 5.56 Å². The van der Waals surface area contributed by atoms with Crippen LogP contribution in [0.4, 0.5) is 0 Å². The summed E-state index contributed by atoms with van der Waals surface area (Å²) in [6, 6.07) is 15.2. The third-order valence-corrected chi connectivity index (χ3v) is 3.98. The normalized spacial score (nSPS) is 11.7. The van der Waals surface area contributed by atoms with Crippen LogP contribution in [0.15, 0.2) is 63.7 Å². The van der Waals surface area contributed by atoms with Gasteiger partial charge >= 0.3 is 0 Å². The maximum Gasteiger partial charge on any atom is 0.293 e. The molecule has 0 unspecified atom stereocenters. The van der Waals surface area contributed by atoms with Gasteiger partial charge in [0.2, 0.25) is 5.76 Å². The molecule has 0 saturated carbocycles. The zero-order valence-electron chi connectivity index (χ0n) is 13.9. The van der Waals surface area contributed by atoms with E-state index in [0.29, 0.717) is 11.5 Å². The summed E-state index contributed by atoms with van der Waals surface area (Å²) in [5, 5.41) is 4.06. The molecule has 0 spiro atoms. The lowest BCUT2D eigenvalue weighted by Gasteiger charge is -2.17. The van der Waals surface area contributed by atoms with Gasteiger partial charge in [0, 0.05) is 12.0 Å². The summed E-state index contributed by atoms with van der Waals surface area (Å²) in [5.41, 5.74) is 1.80. The number of carbonyl (C=O) groups excluding carboxylic acids is 1. The van der Waals surface area contributed by atoms with Gasteiger partial charge in [-0.25, -0.2) is 0 Å². The molecule has 0 saturated heterocycles. The number of furan rings is 1. The van der Waals surface area contributed by atoms with Gasteiger partial charge in [0.1, 0.15) is 5.76 Å². The predicted molar refractivity (Wildman–Crippen MR) is 92.7 cm³/mol. The lowest BCUT2D eigenvalue weighted by atomic mass is 9.98. The summed E-state index contributed by atoms with van der Waals surface area (Å²) >= 11 is 0. The molecule has 5 heteroatoms. The largest absolute Gasteiger partial charge is 0.467 e. The van der Waals surface area contributed by atoms with Crippen LogP contribution in [0.1, 0.15) is 40.4 Å². The highest BCUT2D eigenvalue weighted by molar-refractivity contribution is 5.91. The first-order valence-electron chi connectivity index (χ1n) is 7.95. The summed E-state index contributed by atoms with van der Waals surface area (Å²) in [4.78, 5) is 14.2. The van der Waals surface area contributed by atoms with Crippen LogP contribution in [-0.2, 0) is 6.54 Å². The van der Waals surface area contributed by atoms with Crippen molar-refractivity contribution < 1.29 is 13.7 Å². The Balaban J connectivity index is 1.77. The van der Waals surface area contributed by atoms with Crippen molar-refractivity contribution in [2.24, 2.45) is 0 Å². The molecule has 0 aliphatic carbocycles. The van der Waals surface area contributed by atoms with Crippen molar-refractivity contribution in [1.82, 2.24) is 10.1 Å². The Bertz CT molecular complexity index is 860. The molecular weight excluding hydrogens is 316 g/mol. The van der Waals surface area contributed by atoms with E-state index in [2.05, 4.69) is 11.1 Å². The minimum atomic E-state index is -0.312. The second-order valence-electron chi connectivity index (χ2n) is 5.69. The third kappa shape index (κ3) is 3.81. The lowest BCUT2D eigenvalue weighted by molar-refractivity contribution is 0.0713. The number of terminal acetylenes is 1.